The summed E-state index contributed by atoms with van der Waals surface area (Å²) in [5.41, 5.74) is 4.57. The van der Waals surface area contributed by atoms with Gasteiger partial charge in [-0.1, -0.05) is 130 Å². The van der Waals surface area contributed by atoms with E-state index in [1.807, 2.05) is 71.7 Å². The Hall–Kier alpha value is -4.80. The molecule has 0 bridgehead atoms. The molecule has 3 aliphatic heterocycles. The maximum Gasteiger partial charge on any atom is 0.211 e. The maximum atomic E-state index is 8.86. The molecular formula is C46H43N3S. The molecule has 9 rings (SSSR count). The van der Waals surface area contributed by atoms with Crippen LogP contribution in [0.25, 0.3) is 22.3 Å². The van der Waals surface area contributed by atoms with Crippen LogP contribution >= 0.6 is 11.8 Å². The lowest BCUT2D eigenvalue weighted by atomic mass is 9.61. The second-order valence-electron chi connectivity index (χ2n) is 14.6. The van der Waals surface area contributed by atoms with Crippen molar-refractivity contribution in [2.45, 2.75) is 81.0 Å². The van der Waals surface area contributed by atoms with E-state index in [0.717, 1.165) is 26.7 Å². The van der Waals surface area contributed by atoms with Crippen LogP contribution in [0, 0.1) is 20.6 Å². The number of aryl methyl sites for hydroxylation is 3. The Morgan fingerprint density at radius 2 is 1.30 bits per heavy atom. The molecule has 0 amide bonds. The van der Waals surface area contributed by atoms with Crippen molar-refractivity contribution in [3.8, 4) is 22.3 Å². The van der Waals surface area contributed by atoms with Crippen molar-refractivity contribution in [2.75, 3.05) is 9.80 Å². The first-order valence-corrected chi connectivity index (χ1v) is 17.9. The van der Waals surface area contributed by atoms with Crippen LogP contribution in [-0.2, 0) is 10.8 Å². The predicted octanol–water partition coefficient (Wildman–Crippen LogP) is 11.9. The van der Waals surface area contributed by atoms with Crippen molar-refractivity contribution in [3.05, 3.63) is 149 Å². The fraction of sp³-hybridized carbons (Fsp3) is 0.239. The van der Waals surface area contributed by atoms with Crippen molar-refractivity contribution in [1.29, 1.82) is 0 Å². The smallest absolute Gasteiger partial charge is 0.211 e. The van der Waals surface area contributed by atoms with Crippen LogP contribution < -0.4 is 9.80 Å². The Morgan fingerprint density at radius 1 is 0.640 bits per heavy atom. The van der Waals surface area contributed by atoms with Crippen molar-refractivity contribution in [3.63, 3.8) is 0 Å². The highest BCUT2D eigenvalue weighted by atomic mass is 32.2. The molecule has 1 aliphatic carbocycles. The average molecular weight is 679 g/mol. The van der Waals surface area contributed by atoms with Crippen LogP contribution in [0.1, 0.15) is 67.8 Å². The van der Waals surface area contributed by atoms with Crippen molar-refractivity contribution >= 4 is 34.8 Å². The highest BCUT2D eigenvalue weighted by Gasteiger charge is 2.46. The Bertz CT molecular complexity index is 2650. The summed E-state index contributed by atoms with van der Waals surface area (Å²) >= 11 is 1.57. The van der Waals surface area contributed by atoms with Gasteiger partial charge in [-0.3, -0.25) is 4.90 Å². The van der Waals surface area contributed by atoms with Gasteiger partial charge in [-0.2, -0.15) is 0 Å². The van der Waals surface area contributed by atoms with Crippen LogP contribution in [0.5, 0.6) is 0 Å². The van der Waals surface area contributed by atoms with Crippen LogP contribution in [-0.4, -0.2) is 18.0 Å². The topological polar surface area (TPSA) is 18.8 Å². The van der Waals surface area contributed by atoms with Gasteiger partial charge in [0.2, 0.25) is 5.96 Å². The number of benzene rings is 5. The summed E-state index contributed by atoms with van der Waals surface area (Å²) in [5, 5.41) is 0. The molecule has 0 saturated heterocycles. The van der Waals surface area contributed by atoms with E-state index < -0.39 is 26.0 Å². The van der Waals surface area contributed by atoms with Gasteiger partial charge in [-0.15, -0.1) is 0 Å². The zero-order chi connectivity index (χ0) is 42.0. The second-order valence-corrected chi connectivity index (χ2v) is 15.6. The number of rotatable bonds is 3. The number of aliphatic imine (C=N–C) groups is 1. The Morgan fingerprint density at radius 3 is 2.10 bits per heavy atom. The quantitative estimate of drug-likeness (QED) is 0.189. The molecule has 0 radical (unpaired) electrons. The third-order valence-corrected chi connectivity index (χ3v) is 12.7. The molecule has 5 aromatic carbocycles. The van der Waals surface area contributed by atoms with Gasteiger partial charge in [0.1, 0.15) is 0 Å². The molecule has 0 aromatic heterocycles. The lowest BCUT2D eigenvalue weighted by Crippen LogP contribution is -2.40. The van der Waals surface area contributed by atoms with Crippen LogP contribution in [0.3, 0.4) is 0 Å². The molecule has 3 nitrogen and oxygen atoms in total. The fourth-order valence-electron chi connectivity index (χ4n) is 8.08. The minimum Gasteiger partial charge on any atom is -0.300 e. The predicted molar refractivity (Wildman–Crippen MR) is 212 cm³/mol. The minimum atomic E-state index is -2.74. The van der Waals surface area contributed by atoms with Gasteiger partial charge >= 0.3 is 0 Å². The molecule has 0 N–H and O–H groups in total. The van der Waals surface area contributed by atoms with E-state index in [1.165, 1.54) is 17.7 Å². The standard InChI is InChI=1S/C46H43N3S/c1-28-25-31(48-40-20-11-12-21-41(40)49-39-19-10-9-18-38(39)47-44(48)49)23-24-32(28)34-26-30(3)35(27-29(34)2)33-15-14-17-37-43(33)50-42-22-13-8-16-36(42)45(4,5)46(37,6)7/h8-27,38-39H,1-7H3/i1D3,2D3,3D3. The largest absolute Gasteiger partial charge is 0.300 e. The highest BCUT2D eigenvalue weighted by molar-refractivity contribution is 7.99. The molecule has 2 atom stereocenters. The van der Waals surface area contributed by atoms with Gasteiger partial charge < -0.3 is 4.90 Å². The molecule has 4 aliphatic rings. The first kappa shape index (κ1) is 22.8. The van der Waals surface area contributed by atoms with E-state index >= 15 is 0 Å². The number of para-hydroxylation sites is 2. The first-order chi connectivity index (χ1) is 27.7. The maximum absolute atomic E-state index is 8.86. The van der Waals surface area contributed by atoms with Gasteiger partial charge in [-0.05, 0) is 112 Å². The summed E-state index contributed by atoms with van der Waals surface area (Å²) in [6, 6.07) is 29.6. The summed E-state index contributed by atoms with van der Waals surface area (Å²) in [6.45, 7) is 0.697. The number of nitrogens with zero attached hydrogens (tertiary/aromatic N) is 3. The Kier molecular flexibility index (Phi) is 5.07. The second kappa shape index (κ2) is 11.1. The normalized spacial score (nSPS) is 23.8. The molecule has 4 heteroatoms. The van der Waals surface area contributed by atoms with Crippen molar-refractivity contribution < 1.29 is 12.3 Å². The molecule has 0 spiro atoms. The summed E-state index contributed by atoms with van der Waals surface area (Å²) in [5.74, 6) is 0.660. The van der Waals surface area contributed by atoms with Crippen molar-refractivity contribution in [1.82, 2.24) is 0 Å². The lowest BCUT2D eigenvalue weighted by molar-refractivity contribution is 0.296. The summed E-state index contributed by atoms with van der Waals surface area (Å²) in [6.07, 6.45) is 8.12. The SMILES string of the molecule is [2H]C([2H])([2H])c1cc(N2C3=NC4C=CC=CC4N3c3ccccc32)ccc1-c1cc(C([2H])([2H])[2H])c(-c2cccc3c2Sc2ccccc2C(C)(C)C3(C)C)cc1C([2H])([2H])[2H]. The lowest BCUT2D eigenvalue weighted by Gasteiger charge is -2.42. The molecule has 3 heterocycles. The van der Waals surface area contributed by atoms with Crippen LogP contribution in [0.2, 0.25) is 0 Å². The van der Waals surface area contributed by atoms with E-state index in [2.05, 4.69) is 56.9 Å². The number of allylic oxidation sites excluding steroid dienone is 2. The Labute approximate surface area is 313 Å². The van der Waals surface area contributed by atoms with Gasteiger partial charge in [0.25, 0.3) is 0 Å². The Balaban J connectivity index is 1.26. The van der Waals surface area contributed by atoms with E-state index in [0.29, 0.717) is 17.2 Å². The third-order valence-electron chi connectivity index (χ3n) is 11.5. The van der Waals surface area contributed by atoms with E-state index in [9.17, 15) is 0 Å². The van der Waals surface area contributed by atoms with Gasteiger partial charge in [0.05, 0.1) is 23.5 Å². The monoisotopic (exact) mass is 678 g/mol. The van der Waals surface area contributed by atoms with Gasteiger partial charge in [0.15, 0.2) is 0 Å². The van der Waals surface area contributed by atoms with E-state index in [4.69, 9.17) is 17.3 Å². The molecular weight excluding hydrogens is 627 g/mol. The van der Waals surface area contributed by atoms with E-state index in [1.54, 1.807) is 30.0 Å². The summed E-state index contributed by atoms with van der Waals surface area (Å²) in [7, 11) is 0. The number of hydrogen-bond donors (Lipinski definition) is 0. The number of fused-ring (bicyclic) bond motifs is 7. The molecule has 5 aromatic rings. The summed E-state index contributed by atoms with van der Waals surface area (Å²) in [4.78, 5) is 11.1. The minimum absolute atomic E-state index is 0.0357. The van der Waals surface area contributed by atoms with Crippen LogP contribution in [0.4, 0.5) is 17.1 Å². The molecule has 2 unspecified atom stereocenters. The third kappa shape index (κ3) is 4.40. The number of guanidine groups is 1. The van der Waals surface area contributed by atoms with Crippen molar-refractivity contribution in [2.24, 2.45) is 4.99 Å². The number of hydrogen-bond acceptors (Lipinski definition) is 4. The molecule has 50 heavy (non-hydrogen) atoms. The first-order valence-electron chi connectivity index (χ1n) is 21.6. The summed E-state index contributed by atoms with van der Waals surface area (Å²) < 4.78 is 79.5. The number of anilines is 3. The highest BCUT2D eigenvalue weighted by Crippen LogP contribution is 2.56. The molecule has 0 fully saturated rings. The zero-order valence-electron chi connectivity index (χ0n) is 37.5. The zero-order valence-corrected chi connectivity index (χ0v) is 29.3. The molecule has 0 saturated carbocycles. The van der Waals surface area contributed by atoms with Gasteiger partial charge in [0, 0.05) is 27.8 Å². The average Bonchev–Trinajstić information content (AvgIpc) is 3.69. The van der Waals surface area contributed by atoms with Crippen LogP contribution in [0.15, 0.2) is 136 Å². The van der Waals surface area contributed by atoms with Gasteiger partial charge in [-0.25, -0.2) is 4.99 Å². The van der Waals surface area contributed by atoms with E-state index in [-0.39, 0.29) is 50.9 Å². The fourth-order valence-corrected chi connectivity index (χ4v) is 9.60. The molecule has 248 valence electrons.